The van der Waals surface area contributed by atoms with E-state index in [4.69, 9.17) is 4.74 Å². The Morgan fingerprint density at radius 2 is 1.48 bits per heavy atom. The van der Waals surface area contributed by atoms with Gasteiger partial charge in [-0.05, 0) is 44.5 Å². The van der Waals surface area contributed by atoms with Crippen LogP contribution in [0.25, 0.3) is 0 Å². The second kappa shape index (κ2) is 15.9. The predicted octanol–water partition coefficient (Wildman–Crippen LogP) is 5.04. The van der Waals surface area contributed by atoms with Gasteiger partial charge in [0.25, 0.3) is 0 Å². The minimum Gasteiger partial charge on any atom is -0.462 e. The molecule has 0 spiro atoms. The average molecular weight is 352 g/mol. The van der Waals surface area contributed by atoms with E-state index < -0.39 is 5.97 Å². The van der Waals surface area contributed by atoms with E-state index in [9.17, 15) is 9.59 Å². The van der Waals surface area contributed by atoms with Crippen LogP contribution in [0.3, 0.4) is 0 Å². The second-order valence-corrected chi connectivity index (χ2v) is 6.42. The highest BCUT2D eigenvalue weighted by molar-refractivity contribution is 6.16. The number of nitrogens with zero attached hydrogens (tertiary/aromatic N) is 1. The fraction of sp³-hybridized carbons (Fsp3) is 0.714. The Bertz CT molecular complexity index is 419. The van der Waals surface area contributed by atoms with Gasteiger partial charge in [0.1, 0.15) is 5.57 Å². The molecule has 0 unspecified atom stereocenters. The Labute approximate surface area is 154 Å². The zero-order valence-corrected chi connectivity index (χ0v) is 16.7. The lowest BCUT2D eigenvalue weighted by molar-refractivity contribution is -0.140. The molecule has 25 heavy (non-hydrogen) atoms. The van der Waals surface area contributed by atoms with Gasteiger partial charge in [0, 0.05) is 13.1 Å². The van der Waals surface area contributed by atoms with Crippen molar-refractivity contribution >= 4 is 11.8 Å². The number of ether oxygens (including phenoxy) is 1. The number of hydrogen-bond donors (Lipinski definition) is 0. The molecule has 144 valence electrons. The van der Waals surface area contributed by atoms with E-state index in [1.54, 1.807) is 12.2 Å². The molecule has 0 fully saturated rings. The van der Waals surface area contributed by atoms with Gasteiger partial charge < -0.3 is 9.64 Å². The van der Waals surface area contributed by atoms with Crippen LogP contribution >= 0.6 is 0 Å². The van der Waals surface area contributed by atoms with E-state index in [0.717, 1.165) is 64.5 Å². The van der Waals surface area contributed by atoms with Crippen LogP contribution < -0.4 is 0 Å². The first-order valence-electron chi connectivity index (χ1n) is 9.87. The quantitative estimate of drug-likeness (QED) is 0.104. The molecule has 4 heteroatoms. The number of allylic oxidation sites excluding steroid dienone is 2. The number of unbranched alkanes of at least 4 members (excludes halogenated alkanes) is 5. The van der Waals surface area contributed by atoms with Gasteiger partial charge >= 0.3 is 5.97 Å². The standard InChI is InChI=1S/C21H37NO3/c1-5-8-11-12-18-25-21(24)20(19(4)23)14-13-17-22(15-9-6-2)16-10-7-3/h13-14,17H,5-12,15-16,18H2,1-4H3. The topological polar surface area (TPSA) is 46.6 Å². The molecule has 0 aromatic rings. The fourth-order valence-electron chi connectivity index (χ4n) is 2.34. The molecular formula is C21H37NO3. The first-order valence-corrected chi connectivity index (χ1v) is 9.87. The summed E-state index contributed by atoms with van der Waals surface area (Å²) in [6.07, 6.45) is 14.1. The van der Waals surface area contributed by atoms with Gasteiger partial charge in [0.2, 0.25) is 0 Å². The first-order chi connectivity index (χ1) is 12.1. The lowest BCUT2D eigenvalue weighted by Gasteiger charge is -2.19. The highest BCUT2D eigenvalue weighted by Crippen LogP contribution is 2.06. The third-order valence-electron chi connectivity index (χ3n) is 3.99. The number of carbonyl (C=O) groups is 2. The van der Waals surface area contributed by atoms with Crippen LogP contribution in [-0.4, -0.2) is 36.3 Å². The van der Waals surface area contributed by atoms with Crippen molar-refractivity contribution in [3.8, 4) is 0 Å². The molecule has 0 rings (SSSR count). The normalized spacial score (nSPS) is 11.8. The molecule has 0 amide bonds. The van der Waals surface area contributed by atoms with E-state index in [0.29, 0.717) is 6.61 Å². The number of hydrogen-bond acceptors (Lipinski definition) is 4. The molecule has 0 atom stereocenters. The van der Waals surface area contributed by atoms with Crippen molar-refractivity contribution in [2.45, 2.75) is 79.1 Å². The third kappa shape index (κ3) is 12.4. The molecule has 0 aliphatic carbocycles. The maximum absolute atomic E-state index is 12.1. The molecule has 0 radical (unpaired) electrons. The fourth-order valence-corrected chi connectivity index (χ4v) is 2.34. The Hall–Kier alpha value is -1.58. The van der Waals surface area contributed by atoms with Gasteiger partial charge in [-0.1, -0.05) is 52.9 Å². The van der Waals surface area contributed by atoms with Crippen molar-refractivity contribution in [2.24, 2.45) is 0 Å². The van der Waals surface area contributed by atoms with E-state index >= 15 is 0 Å². The summed E-state index contributed by atoms with van der Waals surface area (Å²) in [4.78, 5) is 26.0. The summed E-state index contributed by atoms with van der Waals surface area (Å²) in [5.74, 6) is -0.765. The smallest absolute Gasteiger partial charge is 0.341 e. The molecule has 0 aromatic heterocycles. The van der Waals surface area contributed by atoms with Crippen molar-refractivity contribution < 1.29 is 14.3 Å². The van der Waals surface area contributed by atoms with Gasteiger partial charge in [-0.15, -0.1) is 0 Å². The minimum absolute atomic E-state index is 0.123. The lowest BCUT2D eigenvalue weighted by Crippen LogP contribution is -2.19. The Morgan fingerprint density at radius 1 is 0.880 bits per heavy atom. The van der Waals surface area contributed by atoms with Crippen molar-refractivity contribution in [3.05, 3.63) is 23.9 Å². The monoisotopic (exact) mass is 351 g/mol. The first kappa shape index (κ1) is 23.4. The number of Topliss-reactive ketones (excluding diaryl/α,β-unsaturated/α-hetero) is 1. The van der Waals surface area contributed by atoms with Crippen LogP contribution in [0.4, 0.5) is 0 Å². The molecular weight excluding hydrogens is 314 g/mol. The molecule has 0 aliphatic rings. The highest BCUT2D eigenvalue weighted by atomic mass is 16.5. The summed E-state index contributed by atoms with van der Waals surface area (Å²) < 4.78 is 5.22. The zero-order chi connectivity index (χ0) is 18.9. The van der Waals surface area contributed by atoms with Gasteiger partial charge in [-0.3, -0.25) is 4.79 Å². The number of esters is 1. The largest absolute Gasteiger partial charge is 0.462 e. The Balaban J connectivity index is 4.64. The van der Waals surface area contributed by atoms with Gasteiger partial charge in [-0.25, -0.2) is 4.79 Å². The van der Waals surface area contributed by atoms with Crippen LogP contribution in [0.1, 0.15) is 79.1 Å². The molecule has 0 saturated heterocycles. The molecule has 0 bridgehead atoms. The molecule has 0 N–H and O–H groups in total. The summed E-state index contributed by atoms with van der Waals surface area (Å²) in [5.41, 5.74) is 0.123. The van der Waals surface area contributed by atoms with E-state index in [1.807, 2.05) is 6.20 Å². The Kier molecular flexibility index (Phi) is 14.9. The molecule has 0 saturated carbocycles. The maximum Gasteiger partial charge on any atom is 0.341 e. The number of ketones is 1. The van der Waals surface area contributed by atoms with Crippen LogP contribution in [0.2, 0.25) is 0 Å². The zero-order valence-electron chi connectivity index (χ0n) is 16.7. The van der Waals surface area contributed by atoms with Crippen LogP contribution in [0.5, 0.6) is 0 Å². The van der Waals surface area contributed by atoms with Crippen LogP contribution in [0.15, 0.2) is 23.9 Å². The second-order valence-electron chi connectivity index (χ2n) is 6.42. The Morgan fingerprint density at radius 3 is 2.00 bits per heavy atom. The molecule has 4 nitrogen and oxygen atoms in total. The summed E-state index contributed by atoms with van der Waals surface area (Å²) in [7, 11) is 0. The summed E-state index contributed by atoms with van der Waals surface area (Å²) in [6, 6.07) is 0. The van der Waals surface area contributed by atoms with Crippen molar-refractivity contribution in [1.29, 1.82) is 0 Å². The minimum atomic E-state index is -0.512. The third-order valence-corrected chi connectivity index (χ3v) is 3.99. The van der Waals surface area contributed by atoms with Crippen LogP contribution in [0, 0.1) is 0 Å². The predicted molar refractivity (Wildman–Crippen MR) is 104 cm³/mol. The summed E-state index contributed by atoms with van der Waals surface area (Å²) in [6.45, 7) is 10.3. The number of rotatable bonds is 15. The van der Waals surface area contributed by atoms with Gasteiger partial charge in [0.15, 0.2) is 5.78 Å². The SMILES string of the molecule is CCCCCCOC(=O)C(=CC=CN(CCCC)CCCC)C(C)=O. The summed E-state index contributed by atoms with van der Waals surface area (Å²) >= 11 is 0. The highest BCUT2D eigenvalue weighted by Gasteiger charge is 2.14. The maximum atomic E-state index is 12.1. The molecule has 0 aliphatic heterocycles. The van der Waals surface area contributed by atoms with Crippen molar-refractivity contribution in [1.82, 2.24) is 4.90 Å². The van der Waals surface area contributed by atoms with E-state index in [2.05, 4.69) is 25.7 Å². The van der Waals surface area contributed by atoms with Crippen molar-refractivity contribution in [3.63, 3.8) is 0 Å². The number of carbonyl (C=O) groups excluding carboxylic acids is 2. The van der Waals surface area contributed by atoms with E-state index in [1.165, 1.54) is 6.92 Å². The average Bonchev–Trinajstić information content (AvgIpc) is 2.59. The summed E-state index contributed by atoms with van der Waals surface area (Å²) in [5, 5.41) is 0. The molecule has 0 heterocycles. The lowest BCUT2D eigenvalue weighted by atomic mass is 10.1. The molecule has 0 aromatic carbocycles. The van der Waals surface area contributed by atoms with E-state index in [-0.39, 0.29) is 11.4 Å². The van der Waals surface area contributed by atoms with Gasteiger partial charge in [0.05, 0.1) is 6.61 Å². The van der Waals surface area contributed by atoms with Crippen molar-refractivity contribution in [2.75, 3.05) is 19.7 Å². The van der Waals surface area contributed by atoms with Gasteiger partial charge in [-0.2, -0.15) is 0 Å². The van der Waals surface area contributed by atoms with Crippen LogP contribution in [-0.2, 0) is 14.3 Å².